The van der Waals surface area contributed by atoms with Crippen molar-refractivity contribution in [1.29, 1.82) is 0 Å². The van der Waals surface area contributed by atoms with Gasteiger partial charge in [0, 0.05) is 25.0 Å². The number of primary amides is 1. The van der Waals surface area contributed by atoms with Crippen molar-refractivity contribution in [3.63, 3.8) is 0 Å². The van der Waals surface area contributed by atoms with Crippen molar-refractivity contribution in [2.24, 2.45) is 10.7 Å². The molecule has 0 radical (unpaired) electrons. The van der Waals surface area contributed by atoms with E-state index in [1.165, 1.54) is 12.1 Å². The molecule has 1 aliphatic rings. The summed E-state index contributed by atoms with van der Waals surface area (Å²) in [5.74, 6) is -0.336. The molecule has 42 heavy (non-hydrogen) atoms. The van der Waals surface area contributed by atoms with E-state index in [2.05, 4.69) is 0 Å². The number of sulfone groups is 1. The van der Waals surface area contributed by atoms with Gasteiger partial charge in [0.1, 0.15) is 5.75 Å². The van der Waals surface area contributed by atoms with Gasteiger partial charge in [0.25, 0.3) is 0 Å². The van der Waals surface area contributed by atoms with Crippen molar-refractivity contribution in [2.75, 3.05) is 19.0 Å². The predicted molar refractivity (Wildman–Crippen MR) is 161 cm³/mol. The largest absolute Gasteiger partial charge is 0.494 e. The van der Waals surface area contributed by atoms with Gasteiger partial charge in [-0.25, -0.2) is 13.4 Å². The Morgan fingerprint density at radius 3 is 2.07 bits per heavy atom. The third kappa shape index (κ3) is 6.22. The normalized spacial score (nSPS) is 18.2. The quantitative estimate of drug-likeness (QED) is 0.232. The number of aliphatic hydroxyl groups is 1. The van der Waals surface area contributed by atoms with Gasteiger partial charge < -0.3 is 20.3 Å². The van der Waals surface area contributed by atoms with Gasteiger partial charge in [-0.2, -0.15) is 0 Å². The van der Waals surface area contributed by atoms with Crippen LogP contribution in [-0.2, 0) is 19.4 Å². The Kier molecular flexibility index (Phi) is 8.70. The zero-order chi connectivity index (χ0) is 29.6. The SMILES string of the molecule is NC(=O)[C@]1(CCS(=O)(=O)c2ccccc2)N=C(c2ccc(OCCCO)cc2)O[C@@H]1c1ccc(-c2ccccc2)cc1. The summed E-state index contributed by atoms with van der Waals surface area (Å²) in [6, 6.07) is 32.5. The molecule has 216 valence electrons. The van der Waals surface area contributed by atoms with Gasteiger partial charge in [0.15, 0.2) is 21.5 Å². The number of hydrogen-bond donors (Lipinski definition) is 2. The molecule has 2 atom stereocenters. The van der Waals surface area contributed by atoms with Crippen LogP contribution >= 0.6 is 0 Å². The van der Waals surface area contributed by atoms with Crippen molar-refractivity contribution in [2.45, 2.75) is 29.4 Å². The highest BCUT2D eigenvalue weighted by Crippen LogP contribution is 2.43. The Bertz CT molecular complexity index is 1640. The molecule has 1 aliphatic heterocycles. The Labute approximate surface area is 245 Å². The van der Waals surface area contributed by atoms with E-state index in [4.69, 9.17) is 25.3 Å². The third-order valence-corrected chi connectivity index (χ3v) is 8.97. The molecular weight excluding hydrogens is 552 g/mol. The molecule has 0 saturated heterocycles. The molecule has 0 aromatic heterocycles. The van der Waals surface area contributed by atoms with Gasteiger partial charge in [-0.1, -0.05) is 72.8 Å². The smallest absolute Gasteiger partial charge is 0.249 e. The second kappa shape index (κ2) is 12.6. The van der Waals surface area contributed by atoms with Crippen LogP contribution in [0.3, 0.4) is 0 Å². The van der Waals surface area contributed by atoms with Crippen LogP contribution in [0.4, 0.5) is 0 Å². The molecule has 0 bridgehead atoms. The van der Waals surface area contributed by atoms with Crippen LogP contribution in [0.5, 0.6) is 5.75 Å². The summed E-state index contributed by atoms with van der Waals surface area (Å²) in [6.07, 6.45) is -0.604. The first kappa shape index (κ1) is 29.0. The fraction of sp³-hybridized carbons (Fsp3) is 0.212. The van der Waals surface area contributed by atoms with Crippen molar-refractivity contribution in [3.05, 3.63) is 120 Å². The summed E-state index contributed by atoms with van der Waals surface area (Å²) in [5, 5.41) is 8.99. The minimum absolute atomic E-state index is 0.0334. The molecule has 0 fully saturated rings. The zero-order valence-corrected chi connectivity index (χ0v) is 23.7. The number of benzene rings is 4. The van der Waals surface area contributed by atoms with Crippen molar-refractivity contribution in [1.82, 2.24) is 0 Å². The van der Waals surface area contributed by atoms with Gasteiger partial charge in [-0.15, -0.1) is 0 Å². The predicted octanol–water partition coefficient (Wildman–Crippen LogP) is 4.72. The standard InChI is InChI=1S/C33H32N2O6S/c34-32(37)33(20-23-42(38,39)29-10-5-2-6-11-29)30(26-14-12-25(13-15-26)24-8-3-1-4-9-24)41-31(35-33)27-16-18-28(19-17-27)40-22-7-21-36/h1-6,8-19,30,36H,7,20-23H2,(H2,34,37)/t30-,33-/m1/s1. The lowest BCUT2D eigenvalue weighted by molar-refractivity contribution is -0.125. The van der Waals surface area contributed by atoms with Gasteiger partial charge in [0.05, 0.1) is 17.3 Å². The Morgan fingerprint density at radius 2 is 1.45 bits per heavy atom. The van der Waals surface area contributed by atoms with E-state index in [0.717, 1.165) is 11.1 Å². The average Bonchev–Trinajstić information content (AvgIpc) is 3.43. The maximum absolute atomic E-state index is 13.2. The molecule has 1 amide bonds. The van der Waals surface area contributed by atoms with E-state index >= 15 is 0 Å². The van der Waals surface area contributed by atoms with E-state index in [1.807, 2.05) is 54.6 Å². The molecule has 5 rings (SSSR count). The second-order valence-corrected chi connectivity index (χ2v) is 12.1. The molecule has 0 unspecified atom stereocenters. The lowest BCUT2D eigenvalue weighted by Crippen LogP contribution is -2.46. The maximum atomic E-state index is 13.2. The summed E-state index contributed by atoms with van der Waals surface area (Å²) in [7, 11) is -3.73. The Balaban J connectivity index is 1.49. The number of nitrogens with zero attached hydrogens (tertiary/aromatic N) is 1. The van der Waals surface area contributed by atoms with E-state index in [-0.39, 0.29) is 29.6 Å². The summed E-state index contributed by atoms with van der Waals surface area (Å²) in [6.45, 7) is 0.403. The van der Waals surface area contributed by atoms with E-state index in [9.17, 15) is 13.2 Å². The molecule has 0 saturated carbocycles. The molecule has 1 heterocycles. The third-order valence-electron chi connectivity index (χ3n) is 7.24. The molecule has 4 aromatic rings. The van der Waals surface area contributed by atoms with Crippen LogP contribution in [0, 0.1) is 0 Å². The van der Waals surface area contributed by atoms with E-state index in [0.29, 0.717) is 29.9 Å². The monoisotopic (exact) mass is 584 g/mol. The highest BCUT2D eigenvalue weighted by atomic mass is 32.2. The first-order valence-corrected chi connectivity index (χ1v) is 15.3. The molecule has 9 heteroatoms. The fourth-order valence-corrected chi connectivity index (χ4v) is 6.30. The topological polar surface area (TPSA) is 128 Å². The minimum atomic E-state index is -3.73. The van der Waals surface area contributed by atoms with Gasteiger partial charge in [-0.05, 0) is 53.1 Å². The number of nitrogens with two attached hydrogens (primary N) is 1. The van der Waals surface area contributed by atoms with E-state index in [1.54, 1.807) is 42.5 Å². The van der Waals surface area contributed by atoms with Crippen molar-refractivity contribution < 1.29 is 27.8 Å². The highest BCUT2D eigenvalue weighted by Gasteiger charge is 2.52. The van der Waals surface area contributed by atoms with Gasteiger partial charge in [0.2, 0.25) is 11.8 Å². The van der Waals surface area contributed by atoms with Crippen molar-refractivity contribution in [3.8, 4) is 16.9 Å². The molecule has 3 N–H and O–H groups in total. The highest BCUT2D eigenvalue weighted by molar-refractivity contribution is 7.91. The first-order chi connectivity index (χ1) is 20.3. The molecule has 4 aromatic carbocycles. The van der Waals surface area contributed by atoms with E-state index < -0.39 is 27.4 Å². The summed E-state index contributed by atoms with van der Waals surface area (Å²) in [5.41, 5.74) is 7.60. The number of carbonyl (C=O) groups is 1. The summed E-state index contributed by atoms with van der Waals surface area (Å²) < 4.78 is 38.4. The van der Waals surface area contributed by atoms with Crippen LogP contribution in [0.15, 0.2) is 119 Å². The first-order valence-electron chi connectivity index (χ1n) is 13.7. The molecule has 0 aliphatic carbocycles. The Morgan fingerprint density at radius 1 is 0.857 bits per heavy atom. The molecule has 8 nitrogen and oxygen atoms in total. The van der Waals surface area contributed by atoms with Gasteiger partial charge >= 0.3 is 0 Å². The number of ether oxygens (including phenoxy) is 2. The van der Waals surface area contributed by atoms with Crippen LogP contribution in [-0.4, -0.2) is 49.8 Å². The van der Waals surface area contributed by atoms with Crippen LogP contribution < -0.4 is 10.5 Å². The Hall–Kier alpha value is -4.47. The number of rotatable bonds is 12. The molecule has 0 spiro atoms. The van der Waals surface area contributed by atoms with Crippen molar-refractivity contribution >= 4 is 21.6 Å². The van der Waals surface area contributed by atoms with Crippen LogP contribution in [0.2, 0.25) is 0 Å². The minimum Gasteiger partial charge on any atom is -0.494 e. The fourth-order valence-electron chi connectivity index (χ4n) is 4.91. The number of aliphatic hydroxyl groups excluding tert-OH is 1. The summed E-state index contributed by atoms with van der Waals surface area (Å²) >= 11 is 0. The van der Waals surface area contributed by atoms with Crippen LogP contribution in [0.25, 0.3) is 11.1 Å². The number of hydrogen-bond acceptors (Lipinski definition) is 7. The zero-order valence-electron chi connectivity index (χ0n) is 22.9. The number of aliphatic imine (C=N–C) groups is 1. The lowest BCUT2D eigenvalue weighted by atomic mass is 9.85. The number of carbonyl (C=O) groups excluding carboxylic acids is 1. The molecular formula is C33H32N2O6S. The van der Waals surface area contributed by atoms with Crippen LogP contribution in [0.1, 0.15) is 30.1 Å². The number of amides is 1. The maximum Gasteiger partial charge on any atom is 0.249 e. The summed E-state index contributed by atoms with van der Waals surface area (Å²) in [4.78, 5) is 18.1. The van der Waals surface area contributed by atoms with Gasteiger partial charge in [-0.3, -0.25) is 4.79 Å². The average molecular weight is 585 g/mol. The lowest BCUT2D eigenvalue weighted by Gasteiger charge is -2.29. The second-order valence-electron chi connectivity index (χ2n) is 10.0.